The molecule has 2 heteroatoms. The zero-order valence-corrected chi connectivity index (χ0v) is 20.4. The summed E-state index contributed by atoms with van der Waals surface area (Å²) in [4.78, 5) is 0. The Balaban J connectivity index is 1.61. The van der Waals surface area contributed by atoms with Crippen molar-refractivity contribution >= 4 is 12.2 Å². The third-order valence-electron chi connectivity index (χ3n) is 5.76. The molecule has 1 aliphatic rings. The molecule has 0 fully saturated rings. The van der Waals surface area contributed by atoms with Gasteiger partial charge >= 0.3 is 0 Å². The quantitative estimate of drug-likeness (QED) is 0.384. The second-order valence-corrected chi connectivity index (χ2v) is 10.6. The van der Waals surface area contributed by atoms with E-state index in [4.69, 9.17) is 9.47 Å². The molecule has 1 heterocycles. The van der Waals surface area contributed by atoms with Crippen LogP contribution in [0.15, 0.2) is 78.9 Å². The first-order chi connectivity index (χ1) is 15.7. The molecular formula is C31H34O2. The van der Waals surface area contributed by atoms with Gasteiger partial charge in [-0.25, -0.2) is 0 Å². The molecule has 0 unspecified atom stereocenters. The molecule has 3 aromatic rings. The third-order valence-corrected chi connectivity index (χ3v) is 5.76. The number of rotatable bonds is 6. The Bertz CT molecular complexity index is 1160. The molecule has 0 amide bonds. The predicted molar refractivity (Wildman–Crippen MR) is 139 cm³/mol. The minimum Gasteiger partial charge on any atom is -0.454 e. The number of hydrogen-bond acceptors (Lipinski definition) is 2. The van der Waals surface area contributed by atoms with E-state index < -0.39 is 0 Å². The first kappa shape index (κ1) is 22.9. The van der Waals surface area contributed by atoms with Gasteiger partial charge in [0.1, 0.15) is 0 Å². The van der Waals surface area contributed by atoms with Gasteiger partial charge in [0.05, 0.1) is 0 Å². The maximum atomic E-state index is 5.52. The lowest BCUT2D eigenvalue weighted by molar-refractivity contribution is 0.174. The van der Waals surface area contributed by atoms with E-state index in [1.165, 1.54) is 22.3 Å². The van der Waals surface area contributed by atoms with E-state index in [1.54, 1.807) is 0 Å². The summed E-state index contributed by atoms with van der Waals surface area (Å²) >= 11 is 0. The van der Waals surface area contributed by atoms with Crippen LogP contribution in [-0.4, -0.2) is 6.79 Å². The molecule has 170 valence electrons. The van der Waals surface area contributed by atoms with Crippen molar-refractivity contribution in [1.29, 1.82) is 0 Å². The minimum absolute atomic E-state index is 0.0112. The van der Waals surface area contributed by atoms with Gasteiger partial charge in [0.15, 0.2) is 11.5 Å². The van der Waals surface area contributed by atoms with Gasteiger partial charge in [-0.3, -0.25) is 0 Å². The lowest BCUT2D eigenvalue weighted by atomic mass is 9.82. The van der Waals surface area contributed by atoms with Crippen LogP contribution in [-0.2, 0) is 6.42 Å². The number of hydrogen-bond donors (Lipinski definition) is 0. The van der Waals surface area contributed by atoms with E-state index in [0.29, 0.717) is 6.79 Å². The fourth-order valence-corrected chi connectivity index (χ4v) is 3.97. The van der Waals surface area contributed by atoms with Gasteiger partial charge in [-0.2, -0.15) is 0 Å². The molecule has 0 atom stereocenters. The van der Waals surface area contributed by atoms with Crippen LogP contribution in [0.1, 0.15) is 51.3 Å². The van der Waals surface area contributed by atoms with Gasteiger partial charge in [-0.05, 0) is 63.3 Å². The molecule has 4 rings (SSSR count). The third kappa shape index (κ3) is 6.16. The summed E-state index contributed by atoms with van der Waals surface area (Å²) in [7, 11) is 0. The van der Waals surface area contributed by atoms with E-state index in [-0.39, 0.29) is 10.8 Å². The molecule has 0 aliphatic carbocycles. The van der Waals surface area contributed by atoms with Crippen LogP contribution in [0.5, 0.6) is 11.5 Å². The van der Waals surface area contributed by atoms with Crippen LogP contribution in [0, 0.1) is 10.8 Å². The Hall–Kier alpha value is -3.26. The molecule has 2 nitrogen and oxygen atoms in total. The van der Waals surface area contributed by atoms with Gasteiger partial charge in [0.2, 0.25) is 6.79 Å². The Labute approximate surface area is 198 Å². The van der Waals surface area contributed by atoms with Gasteiger partial charge in [0, 0.05) is 0 Å². The average molecular weight is 439 g/mol. The monoisotopic (exact) mass is 438 g/mol. The summed E-state index contributed by atoms with van der Waals surface area (Å²) in [5, 5.41) is 0. The fourth-order valence-electron chi connectivity index (χ4n) is 3.97. The predicted octanol–water partition coefficient (Wildman–Crippen LogP) is 8.42. The molecule has 3 aromatic carbocycles. The Morgan fingerprint density at radius 3 is 2.15 bits per heavy atom. The average Bonchev–Trinajstić information content (AvgIpc) is 3.25. The highest BCUT2D eigenvalue weighted by atomic mass is 16.7. The van der Waals surface area contributed by atoms with Crippen LogP contribution >= 0.6 is 0 Å². The maximum Gasteiger partial charge on any atom is 0.231 e. The number of ether oxygens (including phenoxy) is 2. The minimum atomic E-state index is -0.0112. The molecule has 0 bridgehead atoms. The highest BCUT2D eigenvalue weighted by molar-refractivity contribution is 5.71. The summed E-state index contributed by atoms with van der Waals surface area (Å²) in [6.45, 7) is 11.6. The molecular weight excluding hydrogens is 404 g/mol. The molecule has 1 aliphatic heterocycles. The standard InChI is InChI=1S/C31H34O2/c1-30(2,3)17-15-23-11-13-26(27(19-23)25-9-7-6-8-10-25)21-31(4,5)18-16-24-12-14-28-29(20-24)33-22-32-28/h6-20H,21-22H2,1-5H3/b17-15+,18-16+. The first-order valence-electron chi connectivity index (χ1n) is 11.7. The van der Waals surface area contributed by atoms with Crippen LogP contribution < -0.4 is 9.47 Å². The van der Waals surface area contributed by atoms with E-state index in [0.717, 1.165) is 23.5 Å². The Morgan fingerprint density at radius 2 is 1.39 bits per heavy atom. The molecule has 0 radical (unpaired) electrons. The lowest BCUT2D eigenvalue weighted by Crippen LogP contribution is -2.12. The second-order valence-electron chi connectivity index (χ2n) is 10.6. The summed E-state index contributed by atoms with van der Waals surface area (Å²) < 4.78 is 10.9. The van der Waals surface area contributed by atoms with Crippen LogP contribution in [0.4, 0.5) is 0 Å². The zero-order valence-electron chi connectivity index (χ0n) is 20.4. The highest BCUT2D eigenvalue weighted by Crippen LogP contribution is 2.35. The van der Waals surface area contributed by atoms with Gasteiger partial charge in [0.25, 0.3) is 0 Å². The van der Waals surface area contributed by atoms with Gasteiger partial charge in [-0.1, -0.05) is 107 Å². The van der Waals surface area contributed by atoms with Crippen LogP contribution in [0.25, 0.3) is 23.3 Å². The van der Waals surface area contributed by atoms with E-state index in [2.05, 4.69) is 114 Å². The van der Waals surface area contributed by atoms with Crippen LogP contribution in [0.2, 0.25) is 0 Å². The number of benzene rings is 3. The van der Waals surface area contributed by atoms with Crippen molar-refractivity contribution in [2.24, 2.45) is 10.8 Å². The zero-order chi connectivity index (χ0) is 23.5. The largest absolute Gasteiger partial charge is 0.454 e. The highest BCUT2D eigenvalue weighted by Gasteiger charge is 2.19. The van der Waals surface area contributed by atoms with Crippen molar-refractivity contribution in [3.05, 3.63) is 95.6 Å². The van der Waals surface area contributed by atoms with Crippen molar-refractivity contribution in [2.75, 3.05) is 6.79 Å². The summed E-state index contributed by atoms with van der Waals surface area (Å²) in [6, 6.07) is 23.6. The summed E-state index contributed by atoms with van der Waals surface area (Å²) in [5.41, 5.74) is 6.43. The van der Waals surface area contributed by atoms with Crippen molar-refractivity contribution in [1.82, 2.24) is 0 Å². The number of fused-ring (bicyclic) bond motifs is 1. The van der Waals surface area contributed by atoms with E-state index in [9.17, 15) is 0 Å². The summed E-state index contributed by atoms with van der Waals surface area (Å²) in [5.74, 6) is 1.64. The van der Waals surface area contributed by atoms with Gasteiger partial charge < -0.3 is 9.47 Å². The molecule has 0 aromatic heterocycles. The van der Waals surface area contributed by atoms with Crippen molar-refractivity contribution < 1.29 is 9.47 Å². The molecule has 0 saturated carbocycles. The molecule has 33 heavy (non-hydrogen) atoms. The van der Waals surface area contributed by atoms with Crippen LogP contribution in [0.3, 0.4) is 0 Å². The molecule has 0 N–H and O–H groups in total. The fraction of sp³-hybridized carbons (Fsp3) is 0.290. The van der Waals surface area contributed by atoms with Crippen molar-refractivity contribution in [2.45, 2.75) is 41.0 Å². The van der Waals surface area contributed by atoms with Crippen molar-refractivity contribution in [3.63, 3.8) is 0 Å². The smallest absolute Gasteiger partial charge is 0.231 e. The van der Waals surface area contributed by atoms with Gasteiger partial charge in [-0.15, -0.1) is 0 Å². The second kappa shape index (κ2) is 9.31. The Kier molecular flexibility index (Phi) is 6.47. The lowest BCUT2D eigenvalue weighted by Gasteiger charge is -2.23. The SMILES string of the molecule is CC(C)(C)/C=C/c1ccc(CC(C)(C)/C=C/c2ccc3c(c2)OCO3)c(-c2ccccc2)c1. The first-order valence-corrected chi connectivity index (χ1v) is 11.7. The molecule has 0 saturated heterocycles. The topological polar surface area (TPSA) is 18.5 Å². The molecule has 0 spiro atoms. The normalized spacial score (nSPS) is 13.8. The number of allylic oxidation sites excluding steroid dienone is 2. The maximum absolute atomic E-state index is 5.52. The van der Waals surface area contributed by atoms with E-state index in [1.807, 2.05) is 12.1 Å². The Morgan fingerprint density at radius 1 is 0.727 bits per heavy atom. The van der Waals surface area contributed by atoms with Crippen molar-refractivity contribution in [3.8, 4) is 22.6 Å². The summed E-state index contributed by atoms with van der Waals surface area (Å²) in [6.07, 6.45) is 9.94. The van der Waals surface area contributed by atoms with E-state index >= 15 is 0 Å².